The maximum Gasteiger partial charge on any atom is -1.00 e. The van der Waals surface area contributed by atoms with E-state index >= 15 is 0 Å². The summed E-state index contributed by atoms with van der Waals surface area (Å²) in [6.45, 7) is 8.99. The molecule has 3 aromatic carbocycles. The van der Waals surface area contributed by atoms with E-state index in [0.29, 0.717) is 0 Å². The van der Waals surface area contributed by atoms with Gasteiger partial charge in [-0.1, -0.05) is 0 Å². The van der Waals surface area contributed by atoms with Gasteiger partial charge >= 0.3 is 208 Å². The van der Waals surface area contributed by atoms with Crippen LogP contribution >= 0.6 is 0 Å². The predicted octanol–water partition coefficient (Wildman–Crippen LogP) is -2.97. The van der Waals surface area contributed by atoms with E-state index in [-0.39, 0.29) is 40.6 Å². The molecule has 0 amide bonds. The molecule has 0 bridgehead atoms. The quantitative estimate of drug-likeness (QED) is 0.209. The van der Waals surface area contributed by atoms with Gasteiger partial charge < -0.3 is 37.2 Å². The maximum atomic E-state index is 2.53. The van der Waals surface area contributed by atoms with Gasteiger partial charge in [-0.3, -0.25) is 0 Å². The molecule has 0 spiro atoms. The average molecular weight is 576 g/mol. The molecule has 0 saturated carbocycles. The topological polar surface area (TPSA) is 0 Å². The van der Waals surface area contributed by atoms with Crippen LogP contribution in [0, 0.1) is 20.8 Å². The third-order valence-electron chi connectivity index (χ3n) is 6.89. The summed E-state index contributed by atoms with van der Waals surface area (Å²) >= 11 is 2.53. The maximum absolute atomic E-state index is 2.53. The van der Waals surface area contributed by atoms with Crippen LogP contribution in [0.15, 0.2) is 96.6 Å². The molecule has 1 aliphatic carbocycles. The van der Waals surface area contributed by atoms with Crippen LogP contribution in [-0.2, 0) is 20.4 Å². The molecule has 35 heavy (non-hydrogen) atoms. The van der Waals surface area contributed by atoms with E-state index in [2.05, 4.69) is 139 Å². The summed E-state index contributed by atoms with van der Waals surface area (Å²) in [7, 11) is -2.48. The molecule has 4 rings (SSSR count). The number of rotatable bonds is 7. The van der Waals surface area contributed by atoms with Crippen molar-refractivity contribution in [1.29, 1.82) is 0 Å². The predicted molar refractivity (Wildman–Crippen MR) is 138 cm³/mol. The zero-order valence-corrected chi connectivity index (χ0v) is 25.7. The minimum Gasteiger partial charge on any atom is -1.00 e. The number of unbranched alkanes of at least 4 members (excludes halogenated alkanes) is 1. The Bertz CT molecular complexity index is 1080. The summed E-state index contributed by atoms with van der Waals surface area (Å²) in [5.74, 6) is 0. The SMILES string of the molecule is CCCCC1=CC=C[C]1([Ti+3])[Si](c1cccc(C)c1)(c1cccc(C)c1)c1cccc(C)c1.[Cl-].[Cl-].[Cl-]. The Morgan fingerprint density at radius 3 is 1.51 bits per heavy atom. The third kappa shape index (κ3) is 5.93. The molecule has 182 valence electrons. The average Bonchev–Trinajstić information content (AvgIpc) is 3.14. The second kappa shape index (κ2) is 13.5. The van der Waals surface area contributed by atoms with Gasteiger partial charge in [-0.05, 0) is 0 Å². The molecule has 0 aromatic heterocycles. The third-order valence-corrected chi connectivity index (χ3v) is 14.6. The molecule has 0 fully saturated rings. The van der Waals surface area contributed by atoms with Gasteiger partial charge in [0.15, 0.2) is 0 Å². The summed E-state index contributed by atoms with van der Waals surface area (Å²) < 4.78 is -0.0163. The number of halogens is 3. The molecular formula is C30H33Cl3SiTi. The Hall–Kier alpha value is -1.06. The van der Waals surface area contributed by atoms with Gasteiger partial charge in [0.2, 0.25) is 0 Å². The van der Waals surface area contributed by atoms with Crippen molar-refractivity contribution in [3.8, 4) is 0 Å². The van der Waals surface area contributed by atoms with E-state index in [1.807, 2.05) is 0 Å². The van der Waals surface area contributed by atoms with Crippen molar-refractivity contribution in [1.82, 2.24) is 0 Å². The van der Waals surface area contributed by atoms with Gasteiger partial charge in [0.05, 0.1) is 0 Å². The number of hydrogen-bond acceptors (Lipinski definition) is 0. The van der Waals surface area contributed by atoms with Crippen molar-refractivity contribution in [2.75, 3.05) is 0 Å². The van der Waals surface area contributed by atoms with Crippen LogP contribution in [0.25, 0.3) is 0 Å². The van der Waals surface area contributed by atoms with Crippen LogP contribution in [0.2, 0.25) is 3.34 Å². The fraction of sp³-hybridized carbons (Fsp3) is 0.267. The summed E-state index contributed by atoms with van der Waals surface area (Å²) in [6.07, 6.45) is 10.9. The van der Waals surface area contributed by atoms with Crippen molar-refractivity contribution < 1.29 is 57.7 Å². The van der Waals surface area contributed by atoms with Gasteiger partial charge in [-0.15, -0.1) is 0 Å². The monoisotopic (exact) mass is 574 g/mol. The minimum atomic E-state index is -2.48. The largest absolute Gasteiger partial charge is 1.00 e. The zero-order chi connectivity index (χ0) is 22.8. The number of benzene rings is 3. The van der Waals surface area contributed by atoms with Crippen molar-refractivity contribution >= 4 is 23.6 Å². The van der Waals surface area contributed by atoms with Crippen molar-refractivity contribution in [3.05, 3.63) is 113 Å². The molecule has 0 saturated heterocycles. The van der Waals surface area contributed by atoms with Crippen LogP contribution in [0.4, 0.5) is 0 Å². The fourth-order valence-electron chi connectivity index (χ4n) is 5.38. The molecule has 3 aromatic rings. The molecule has 0 nitrogen and oxygen atoms in total. The van der Waals surface area contributed by atoms with E-state index in [4.69, 9.17) is 0 Å². The number of hydrogen-bond donors (Lipinski definition) is 0. The van der Waals surface area contributed by atoms with Crippen LogP contribution in [0.1, 0.15) is 42.9 Å². The molecule has 1 atom stereocenters. The first kappa shape index (κ1) is 32.0. The first-order valence-corrected chi connectivity index (χ1v) is 14.5. The Morgan fingerprint density at radius 2 is 1.14 bits per heavy atom. The van der Waals surface area contributed by atoms with Gasteiger partial charge in [0.1, 0.15) is 0 Å². The second-order valence-electron chi connectivity index (χ2n) is 9.32. The van der Waals surface area contributed by atoms with Gasteiger partial charge in [-0.25, -0.2) is 0 Å². The van der Waals surface area contributed by atoms with Crippen LogP contribution in [0.3, 0.4) is 0 Å². The molecule has 0 N–H and O–H groups in total. The Labute approximate surface area is 243 Å². The smallest absolute Gasteiger partial charge is 1.00 e. The van der Waals surface area contributed by atoms with E-state index in [0.717, 1.165) is 6.42 Å². The van der Waals surface area contributed by atoms with E-state index in [1.54, 1.807) is 5.57 Å². The standard InChI is InChI=1S/C30H33Si.3ClH.Ti/c1-5-6-14-26-15-10-19-30(26)31(27-16-7-11-23(2)20-27,28-17-8-12-24(3)21-28)29-18-9-13-25(4)22-29;;;;/h7-13,15-22H,5-6,14H2,1-4H3;3*1H;/q;;;;+3/p-3. The Kier molecular flexibility index (Phi) is 12.3. The fourth-order valence-corrected chi connectivity index (χ4v) is 13.7. The summed E-state index contributed by atoms with van der Waals surface area (Å²) in [5.41, 5.74) is 5.61. The Morgan fingerprint density at radius 1 is 0.714 bits per heavy atom. The summed E-state index contributed by atoms with van der Waals surface area (Å²) in [4.78, 5) is 0. The molecule has 1 unspecified atom stereocenters. The molecular weight excluding hydrogens is 543 g/mol. The molecule has 1 aliphatic rings. The van der Waals surface area contributed by atoms with Crippen molar-refractivity contribution in [2.45, 2.75) is 50.3 Å². The van der Waals surface area contributed by atoms with E-state index in [9.17, 15) is 0 Å². The van der Waals surface area contributed by atoms with Gasteiger partial charge in [0, 0.05) is 0 Å². The molecule has 0 radical (unpaired) electrons. The first-order chi connectivity index (χ1) is 15.4. The summed E-state index contributed by atoms with van der Waals surface area (Å²) in [5, 5.41) is 4.51. The van der Waals surface area contributed by atoms with Crippen LogP contribution in [-0.4, -0.2) is 8.07 Å². The van der Waals surface area contributed by atoms with Gasteiger partial charge in [-0.2, -0.15) is 0 Å². The van der Waals surface area contributed by atoms with Gasteiger partial charge in [0.25, 0.3) is 0 Å². The van der Waals surface area contributed by atoms with Crippen molar-refractivity contribution in [3.63, 3.8) is 0 Å². The second-order valence-corrected chi connectivity index (χ2v) is 15.4. The molecule has 0 heterocycles. The normalized spacial score (nSPS) is 16.6. The number of allylic oxidation sites excluding steroid dienone is 4. The molecule has 5 heteroatoms. The minimum absolute atomic E-state index is 0. The van der Waals surface area contributed by atoms with Crippen molar-refractivity contribution in [2.24, 2.45) is 0 Å². The van der Waals surface area contributed by atoms with E-state index < -0.39 is 8.07 Å². The van der Waals surface area contributed by atoms with E-state index in [1.165, 1.54) is 45.1 Å². The van der Waals surface area contributed by atoms with Crippen LogP contribution in [0.5, 0.6) is 0 Å². The first-order valence-electron chi connectivity index (χ1n) is 11.8. The summed E-state index contributed by atoms with van der Waals surface area (Å²) in [6, 6.07) is 28.1. The molecule has 0 aliphatic heterocycles. The van der Waals surface area contributed by atoms with Crippen LogP contribution < -0.4 is 52.8 Å². The Balaban J connectivity index is 0.00000204. The number of aryl methyl sites for hydroxylation is 3. The zero-order valence-electron chi connectivity index (χ0n) is 20.9.